The van der Waals surface area contributed by atoms with Gasteiger partial charge >= 0.3 is 0 Å². The van der Waals surface area contributed by atoms with Crippen molar-refractivity contribution in [1.29, 1.82) is 0 Å². The minimum atomic E-state index is -0.821. The van der Waals surface area contributed by atoms with Crippen LogP contribution in [-0.4, -0.2) is 34.0 Å². The molecule has 2 aromatic carbocycles. The highest BCUT2D eigenvalue weighted by Crippen LogP contribution is 2.28. The quantitative estimate of drug-likeness (QED) is 0.419. The van der Waals surface area contributed by atoms with Crippen molar-refractivity contribution in [1.82, 2.24) is 15.6 Å². The molecule has 0 spiro atoms. The molecule has 0 bridgehead atoms. The summed E-state index contributed by atoms with van der Waals surface area (Å²) in [6, 6.07) is 7.64. The Morgan fingerprint density at radius 1 is 0.944 bits per heavy atom. The highest BCUT2D eigenvalue weighted by Gasteiger charge is 2.27. The van der Waals surface area contributed by atoms with E-state index in [0.717, 1.165) is 24.4 Å². The van der Waals surface area contributed by atoms with Gasteiger partial charge in [0.2, 0.25) is 5.88 Å². The van der Waals surface area contributed by atoms with Crippen LogP contribution < -0.4 is 15.4 Å². The fourth-order valence-corrected chi connectivity index (χ4v) is 4.13. The first kappa shape index (κ1) is 25.3. The third-order valence-electron chi connectivity index (χ3n) is 5.78. The maximum Gasteiger partial charge on any atom is 0.258 e. The maximum absolute atomic E-state index is 13.9. The lowest BCUT2D eigenvalue weighted by Crippen LogP contribution is -2.44. The van der Waals surface area contributed by atoms with E-state index in [4.69, 9.17) is 16.3 Å². The van der Waals surface area contributed by atoms with Gasteiger partial charge in [0, 0.05) is 18.2 Å². The molecule has 7 nitrogen and oxygen atoms in total. The van der Waals surface area contributed by atoms with Gasteiger partial charge in [-0.15, -0.1) is 0 Å². The molecule has 1 saturated carbocycles. The number of pyridine rings is 1. The molecule has 1 aromatic heterocycles. The van der Waals surface area contributed by atoms with Crippen molar-refractivity contribution in [2.45, 2.75) is 37.8 Å². The summed E-state index contributed by atoms with van der Waals surface area (Å²) >= 11 is 5.76. The minimum Gasteiger partial charge on any atom is -0.507 e. The van der Waals surface area contributed by atoms with Crippen molar-refractivity contribution in [2.75, 3.05) is 0 Å². The number of hydrogen-bond donors (Lipinski definition) is 3. The molecule has 1 fully saturated rings. The minimum absolute atomic E-state index is 0.117. The van der Waals surface area contributed by atoms with Gasteiger partial charge in [-0.2, -0.15) is 0 Å². The lowest BCUT2D eigenvalue weighted by atomic mass is 9.90. The molecular weight excluding hydrogens is 499 g/mol. The van der Waals surface area contributed by atoms with Crippen LogP contribution in [0.15, 0.2) is 48.7 Å². The molecule has 0 aliphatic heterocycles. The number of aromatic nitrogens is 1. The molecule has 4 rings (SSSR count). The summed E-state index contributed by atoms with van der Waals surface area (Å²) < 4.78 is 46.7. The third kappa shape index (κ3) is 5.88. The van der Waals surface area contributed by atoms with Gasteiger partial charge in [0.1, 0.15) is 40.1 Å². The average Bonchev–Trinajstić information content (AvgIpc) is 2.83. The molecule has 3 N–H and O–H groups in total. The maximum atomic E-state index is 13.9. The number of benzene rings is 2. The van der Waals surface area contributed by atoms with Crippen LogP contribution in [0.5, 0.6) is 17.4 Å². The molecule has 0 unspecified atom stereocenters. The van der Waals surface area contributed by atoms with E-state index >= 15 is 0 Å². The van der Waals surface area contributed by atoms with Crippen LogP contribution in [-0.2, 0) is 0 Å². The second-order valence-corrected chi connectivity index (χ2v) is 8.72. The first-order valence-corrected chi connectivity index (χ1v) is 11.5. The van der Waals surface area contributed by atoms with E-state index < -0.39 is 40.6 Å². The molecule has 1 aliphatic carbocycles. The number of phenolic OH excluding ortho intramolecular Hbond substituents is 1. The number of halogens is 4. The van der Waals surface area contributed by atoms with Crippen molar-refractivity contribution in [3.63, 3.8) is 0 Å². The molecule has 0 saturated heterocycles. The Bertz CT molecular complexity index is 1280. The zero-order chi connectivity index (χ0) is 25.8. The van der Waals surface area contributed by atoms with Crippen molar-refractivity contribution in [3.8, 4) is 17.4 Å². The number of ether oxygens (including phenoxy) is 1. The summed E-state index contributed by atoms with van der Waals surface area (Å²) in [5.41, 5.74) is -0.567. The normalized spacial score (nSPS) is 17.3. The highest BCUT2D eigenvalue weighted by atomic mass is 35.5. The van der Waals surface area contributed by atoms with Gasteiger partial charge in [-0.25, -0.2) is 18.2 Å². The number of nitrogens with one attached hydrogen (secondary N) is 2. The number of carbonyl (C=O) groups excluding carboxylic acids is 2. The molecule has 188 valence electrons. The average molecular weight is 520 g/mol. The molecule has 2 amide bonds. The van der Waals surface area contributed by atoms with E-state index in [0.29, 0.717) is 25.7 Å². The molecule has 3 aromatic rings. The second-order valence-electron chi connectivity index (χ2n) is 8.31. The number of nitrogens with zero attached hydrogens (tertiary/aromatic N) is 1. The number of phenols is 1. The monoisotopic (exact) mass is 519 g/mol. The Balaban J connectivity index is 1.37. The molecule has 1 heterocycles. The second kappa shape index (κ2) is 10.9. The Labute approximate surface area is 209 Å². The van der Waals surface area contributed by atoms with Gasteiger partial charge in [-0.05, 0) is 56.0 Å². The van der Waals surface area contributed by atoms with Gasteiger partial charge in [0.05, 0.1) is 11.2 Å². The van der Waals surface area contributed by atoms with E-state index in [-0.39, 0.29) is 34.3 Å². The predicted molar refractivity (Wildman–Crippen MR) is 125 cm³/mol. The van der Waals surface area contributed by atoms with Gasteiger partial charge in [0.15, 0.2) is 0 Å². The Morgan fingerprint density at radius 3 is 2.25 bits per heavy atom. The van der Waals surface area contributed by atoms with E-state index in [9.17, 15) is 27.9 Å². The predicted octanol–water partition coefficient (Wildman–Crippen LogP) is 5.12. The van der Waals surface area contributed by atoms with Crippen molar-refractivity contribution < 1.29 is 32.6 Å². The van der Waals surface area contributed by atoms with Crippen LogP contribution >= 0.6 is 11.6 Å². The third-order valence-corrected chi connectivity index (χ3v) is 6.07. The summed E-state index contributed by atoms with van der Waals surface area (Å²) in [4.78, 5) is 29.1. The number of rotatable bonds is 6. The standard InChI is InChI=1S/C25H21ClF3N3O4/c26-18-11-16(8-9-19(18)28)36-25-17(10-13(27)12-30-25)23(34)31-14-4-6-15(7-5-14)32-24(35)22-20(29)2-1-3-21(22)33/h1-3,8-12,14-15,33H,4-7H2,(H,31,34)(H,32,35). The van der Waals surface area contributed by atoms with E-state index in [2.05, 4.69) is 15.6 Å². The fourth-order valence-electron chi connectivity index (χ4n) is 3.96. The zero-order valence-electron chi connectivity index (χ0n) is 18.7. The molecule has 0 atom stereocenters. The SMILES string of the molecule is O=C(NC1CCC(NC(=O)c2c(O)cccc2F)CC1)c1cc(F)cnc1Oc1ccc(F)c(Cl)c1. The molecule has 11 heteroatoms. The van der Waals surface area contributed by atoms with Crippen molar-refractivity contribution in [3.05, 3.63) is 82.3 Å². The number of hydrogen-bond acceptors (Lipinski definition) is 5. The summed E-state index contributed by atoms with van der Waals surface area (Å²) in [6.07, 6.45) is 2.85. The van der Waals surface area contributed by atoms with Gasteiger partial charge in [-0.1, -0.05) is 17.7 Å². The molecular formula is C25H21ClF3N3O4. The summed E-state index contributed by atoms with van der Waals surface area (Å²) in [6.45, 7) is 0. The van der Waals surface area contributed by atoms with Crippen LogP contribution in [0.3, 0.4) is 0 Å². The van der Waals surface area contributed by atoms with Gasteiger partial charge in [-0.3, -0.25) is 9.59 Å². The van der Waals surface area contributed by atoms with Crippen LogP contribution in [0.25, 0.3) is 0 Å². The van der Waals surface area contributed by atoms with Gasteiger partial charge in [0.25, 0.3) is 11.8 Å². The highest BCUT2D eigenvalue weighted by molar-refractivity contribution is 6.30. The summed E-state index contributed by atoms with van der Waals surface area (Å²) in [5, 5.41) is 15.1. The van der Waals surface area contributed by atoms with Crippen molar-refractivity contribution >= 4 is 23.4 Å². The summed E-state index contributed by atoms with van der Waals surface area (Å²) in [7, 11) is 0. The lowest BCUT2D eigenvalue weighted by molar-refractivity contribution is 0.0886. The lowest BCUT2D eigenvalue weighted by Gasteiger charge is -2.30. The number of carbonyl (C=O) groups is 2. The topological polar surface area (TPSA) is 101 Å². The largest absolute Gasteiger partial charge is 0.507 e. The van der Waals surface area contributed by atoms with Crippen LogP contribution in [0.1, 0.15) is 46.4 Å². The molecule has 0 radical (unpaired) electrons. The van der Waals surface area contributed by atoms with Crippen LogP contribution in [0.4, 0.5) is 13.2 Å². The summed E-state index contributed by atoms with van der Waals surface area (Å²) in [5.74, 6) is -4.05. The zero-order valence-corrected chi connectivity index (χ0v) is 19.5. The first-order chi connectivity index (χ1) is 17.2. The number of aromatic hydroxyl groups is 1. The van der Waals surface area contributed by atoms with Gasteiger partial charge < -0.3 is 20.5 Å². The van der Waals surface area contributed by atoms with Crippen molar-refractivity contribution in [2.24, 2.45) is 0 Å². The van der Waals surface area contributed by atoms with E-state index in [1.54, 1.807) is 0 Å². The Morgan fingerprint density at radius 2 is 1.61 bits per heavy atom. The fraction of sp³-hybridized carbons (Fsp3) is 0.240. The smallest absolute Gasteiger partial charge is 0.258 e. The Kier molecular flexibility index (Phi) is 7.64. The van der Waals surface area contributed by atoms with E-state index in [1.807, 2.05) is 0 Å². The first-order valence-electron chi connectivity index (χ1n) is 11.1. The van der Waals surface area contributed by atoms with E-state index in [1.165, 1.54) is 24.3 Å². The molecule has 36 heavy (non-hydrogen) atoms. The van der Waals surface area contributed by atoms with Crippen LogP contribution in [0.2, 0.25) is 5.02 Å². The van der Waals surface area contributed by atoms with Crippen LogP contribution in [0, 0.1) is 17.5 Å². The Hall–Kier alpha value is -3.79. The molecule has 1 aliphatic rings. The number of amides is 2.